The minimum Gasteiger partial charge on any atom is -0.450 e. The molecule has 1 aliphatic rings. The average Bonchev–Trinajstić information content (AvgIpc) is 2.28. The molecule has 0 atom stereocenters. The van der Waals surface area contributed by atoms with Crippen molar-refractivity contribution in [1.29, 1.82) is 0 Å². The summed E-state index contributed by atoms with van der Waals surface area (Å²) >= 11 is 4.99. The van der Waals surface area contributed by atoms with Crippen LogP contribution in [0, 0.1) is 0 Å². The topological polar surface area (TPSA) is 70.8 Å². The van der Waals surface area contributed by atoms with E-state index in [1.54, 1.807) is 11.8 Å². The molecule has 0 aromatic rings. The first-order chi connectivity index (χ1) is 7.19. The van der Waals surface area contributed by atoms with E-state index in [1.165, 1.54) is 0 Å². The zero-order valence-electron chi connectivity index (χ0n) is 8.73. The lowest BCUT2D eigenvalue weighted by molar-refractivity contribution is 0.0919. The maximum Gasteiger partial charge on any atom is 0.409 e. The Kier molecular flexibility index (Phi) is 4.57. The van der Waals surface area contributed by atoms with Gasteiger partial charge in [0.1, 0.15) is 0 Å². The fraction of sp³-hybridized carbons (Fsp3) is 0.750. The van der Waals surface area contributed by atoms with Crippen LogP contribution in [0.4, 0.5) is 4.79 Å². The fourth-order valence-electron chi connectivity index (χ4n) is 1.40. The van der Waals surface area contributed by atoms with Gasteiger partial charge >= 0.3 is 6.09 Å². The molecule has 1 fully saturated rings. The zero-order chi connectivity index (χ0) is 11.3. The summed E-state index contributed by atoms with van der Waals surface area (Å²) in [6.45, 7) is 4.79. The highest BCUT2D eigenvalue weighted by atomic mass is 32.1. The van der Waals surface area contributed by atoms with Crippen LogP contribution in [-0.2, 0) is 4.74 Å². The van der Waals surface area contributed by atoms with Crippen LogP contribution < -0.4 is 11.3 Å². The number of nitrogens with zero attached hydrogens (tertiary/aromatic N) is 2. The highest BCUT2D eigenvalue weighted by Gasteiger charge is 2.22. The first-order valence-corrected chi connectivity index (χ1v) is 5.27. The molecule has 1 amide bonds. The van der Waals surface area contributed by atoms with Gasteiger partial charge in [0.2, 0.25) is 0 Å². The molecule has 3 N–H and O–H groups in total. The number of piperazine rings is 1. The Morgan fingerprint density at radius 2 is 1.93 bits per heavy atom. The number of hydrogen-bond donors (Lipinski definition) is 2. The highest BCUT2D eigenvalue weighted by Crippen LogP contribution is 2.03. The van der Waals surface area contributed by atoms with Crippen molar-refractivity contribution in [3.8, 4) is 0 Å². The Morgan fingerprint density at radius 1 is 1.40 bits per heavy atom. The van der Waals surface area contributed by atoms with Crippen molar-refractivity contribution in [3.63, 3.8) is 0 Å². The van der Waals surface area contributed by atoms with Crippen LogP contribution in [0.25, 0.3) is 0 Å². The Morgan fingerprint density at radius 3 is 2.40 bits per heavy atom. The van der Waals surface area contributed by atoms with E-state index in [0.717, 1.165) is 0 Å². The van der Waals surface area contributed by atoms with E-state index < -0.39 is 0 Å². The smallest absolute Gasteiger partial charge is 0.409 e. The van der Waals surface area contributed by atoms with Crippen LogP contribution in [-0.4, -0.2) is 53.8 Å². The fourth-order valence-corrected chi connectivity index (χ4v) is 1.58. The molecule has 0 spiro atoms. The second-order valence-corrected chi connectivity index (χ2v) is 3.51. The summed E-state index contributed by atoms with van der Waals surface area (Å²) in [5.41, 5.74) is 2.43. The lowest BCUT2D eigenvalue weighted by Crippen LogP contribution is -2.54. The lowest BCUT2D eigenvalue weighted by Gasteiger charge is -2.34. The number of carbonyl (C=O) groups is 1. The van der Waals surface area contributed by atoms with Gasteiger partial charge in [-0.15, -0.1) is 0 Å². The molecule has 1 heterocycles. The first kappa shape index (κ1) is 12.0. The molecular weight excluding hydrogens is 216 g/mol. The predicted molar refractivity (Wildman–Crippen MR) is 60.1 cm³/mol. The summed E-state index contributed by atoms with van der Waals surface area (Å²) < 4.78 is 4.90. The number of carbonyl (C=O) groups excluding carboxylic acids is 1. The quantitative estimate of drug-likeness (QED) is 0.361. The van der Waals surface area contributed by atoms with Crippen molar-refractivity contribution < 1.29 is 9.53 Å². The SMILES string of the molecule is CCOC(=O)N1CCN(C(=S)NN)CC1. The van der Waals surface area contributed by atoms with E-state index in [-0.39, 0.29) is 6.09 Å². The van der Waals surface area contributed by atoms with E-state index >= 15 is 0 Å². The largest absolute Gasteiger partial charge is 0.450 e. The molecule has 0 radical (unpaired) electrons. The third-order valence-corrected chi connectivity index (χ3v) is 2.59. The third-order valence-electron chi connectivity index (χ3n) is 2.22. The van der Waals surface area contributed by atoms with Gasteiger partial charge in [-0.05, 0) is 19.1 Å². The van der Waals surface area contributed by atoms with Gasteiger partial charge in [0.25, 0.3) is 0 Å². The van der Waals surface area contributed by atoms with Crippen molar-refractivity contribution in [2.45, 2.75) is 6.92 Å². The minimum absolute atomic E-state index is 0.260. The van der Waals surface area contributed by atoms with Crippen LogP contribution in [0.2, 0.25) is 0 Å². The first-order valence-electron chi connectivity index (χ1n) is 4.86. The predicted octanol–water partition coefficient (Wildman–Crippen LogP) is -0.491. The van der Waals surface area contributed by atoms with E-state index in [9.17, 15) is 4.79 Å². The number of nitrogens with one attached hydrogen (secondary N) is 1. The van der Waals surface area contributed by atoms with E-state index in [2.05, 4.69) is 5.43 Å². The van der Waals surface area contributed by atoms with Gasteiger partial charge in [-0.2, -0.15) is 0 Å². The number of hydrazine groups is 1. The lowest BCUT2D eigenvalue weighted by atomic mass is 10.3. The van der Waals surface area contributed by atoms with Crippen molar-refractivity contribution in [3.05, 3.63) is 0 Å². The second-order valence-electron chi connectivity index (χ2n) is 3.12. The molecule has 0 saturated carbocycles. The maximum absolute atomic E-state index is 11.4. The normalized spacial score (nSPS) is 16.1. The molecule has 1 rings (SSSR count). The molecule has 0 aromatic heterocycles. The minimum atomic E-state index is -0.260. The van der Waals surface area contributed by atoms with E-state index in [1.807, 2.05) is 4.90 Å². The average molecular weight is 232 g/mol. The van der Waals surface area contributed by atoms with Crippen LogP contribution in [0.15, 0.2) is 0 Å². The summed E-state index contributed by atoms with van der Waals surface area (Å²) in [5, 5.41) is 0.513. The van der Waals surface area contributed by atoms with E-state index in [4.69, 9.17) is 22.8 Å². The van der Waals surface area contributed by atoms with E-state index in [0.29, 0.717) is 37.9 Å². The summed E-state index contributed by atoms with van der Waals surface area (Å²) in [4.78, 5) is 14.9. The number of hydrogen-bond acceptors (Lipinski definition) is 4. The van der Waals surface area contributed by atoms with Crippen LogP contribution in [0.1, 0.15) is 6.92 Å². The number of thiocarbonyl (C=S) groups is 1. The zero-order valence-corrected chi connectivity index (χ0v) is 9.55. The Balaban J connectivity index is 2.35. The molecule has 0 aliphatic carbocycles. The molecule has 0 unspecified atom stereocenters. The molecule has 1 aliphatic heterocycles. The second kappa shape index (κ2) is 5.72. The van der Waals surface area contributed by atoms with Gasteiger partial charge in [0, 0.05) is 26.2 Å². The monoisotopic (exact) mass is 232 g/mol. The molecule has 86 valence electrons. The Hall–Kier alpha value is -1.08. The number of nitrogens with two attached hydrogens (primary N) is 1. The molecular formula is C8H16N4O2S. The molecule has 15 heavy (non-hydrogen) atoms. The van der Waals surface area contributed by atoms with Crippen LogP contribution in [0.3, 0.4) is 0 Å². The summed E-state index contributed by atoms with van der Waals surface area (Å²) in [6, 6.07) is 0. The Bertz CT molecular complexity index is 241. The maximum atomic E-state index is 11.4. The molecule has 0 bridgehead atoms. The van der Waals surface area contributed by atoms with Gasteiger partial charge in [-0.3, -0.25) is 0 Å². The van der Waals surface area contributed by atoms with Gasteiger partial charge in [0.15, 0.2) is 5.11 Å². The Labute approximate surface area is 94.3 Å². The van der Waals surface area contributed by atoms with Crippen LogP contribution in [0.5, 0.6) is 0 Å². The van der Waals surface area contributed by atoms with Crippen LogP contribution >= 0.6 is 12.2 Å². The molecule has 6 nitrogen and oxygen atoms in total. The van der Waals surface area contributed by atoms with Crippen molar-refractivity contribution in [2.75, 3.05) is 32.8 Å². The van der Waals surface area contributed by atoms with Gasteiger partial charge in [0.05, 0.1) is 6.61 Å². The van der Waals surface area contributed by atoms with Crippen molar-refractivity contribution in [1.82, 2.24) is 15.2 Å². The van der Waals surface area contributed by atoms with Gasteiger partial charge < -0.3 is 20.0 Å². The molecule has 1 saturated heterocycles. The highest BCUT2D eigenvalue weighted by molar-refractivity contribution is 7.80. The van der Waals surface area contributed by atoms with Crippen molar-refractivity contribution >= 4 is 23.4 Å². The number of ether oxygens (including phenoxy) is 1. The van der Waals surface area contributed by atoms with Crippen molar-refractivity contribution in [2.24, 2.45) is 5.84 Å². The number of amides is 1. The summed E-state index contributed by atoms with van der Waals surface area (Å²) in [7, 11) is 0. The third kappa shape index (κ3) is 3.21. The summed E-state index contributed by atoms with van der Waals surface area (Å²) in [6.07, 6.45) is -0.260. The standard InChI is InChI=1S/C8H16N4O2S/c1-2-14-8(13)12-5-3-11(4-6-12)7(15)10-9/h2-6,9H2,1H3,(H,10,15). The molecule has 0 aromatic carbocycles. The summed E-state index contributed by atoms with van der Waals surface area (Å²) in [5.74, 6) is 5.21. The molecule has 7 heteroatoms. The van der Waals surface area contributed by atoms with Gasteiger partial charge in [-0.25, -0.2) is 10.6 Å². The number of rotatable bonds is 1. The van der Waals surface area contributed by atoms with Gasteiger partial charge in [-0.1, -0.05) is 0 Å².